The number of hydrogen-bond acceptors (Lipinski definition) is 3. The Bertz CT molecular complexity index is 666. The Balaban J connectivity index is 1.87. The number of rotatable bonds is 16. The minimum atomic E-state index is -2.01. The quantitative estimate of drug-likeness (QED) is 0.201. The van der Waals surface area contributed by atoms with Crippen molar-refractivity contribution in [3.63, 3.8) is 0 Å². The molecule has 2 rings (SSSR count). The molecule has 0 fully saturated rings. The summed E-state index contributed by atoms with van der Waals surface area (Å²) in [6.07, 6.45) is 12.4. The van der Waals surface area contributed by atoms with Crippen LogP contribution in [0.15, 0.2) is 48.5 Å². The molecule has 0 spiro atoms. The van der Waals surface area contributed by atoms with E-state index in [2.05, 4.69) is 52.0 Å². The summed E-state index contributed by atoms with van der Waals surface area (Å²) in [6, 6.07) is 16.3. The molecule has 2 aromatic rings. The monoisotopic (exact) mass is 458 g/mol. The van der Waals surface area contributed by atoms with Crippen LogP contribution in [0.5, 0.6) is 11.5 Å². The molecular formula is C28H43O3P. The summed E-state index contributed by atoms with van der Waals surface area (Å²) in [5.74, 6) is 2.47. The van der Waals surface area contributed by atoms with Crippen LogP contribution in [0.1, 0.15) is 115 Å². The maximum atomic E-state index is 10.3. The van der Waals surface area contributed by atoms with E-state index in [1.54, 1.807) is 0 Å². The van der Waals surface area contributed by atoms with Crippen molar-refractivity contribution >= 4 is 8.60 Å². The van der Waals surface area contributed by atoms with Gasteiger partial charge in [-0.2, -0.15) is 0 Å². The second kappa shape index (κ2) is 15.3. The molecule has 178 valence electrons. The molecule has 3 nitrogen and oxygen atoms in total. The van der Waals surface area contributed by atoms with Gasteiger partial charge in [-0.1, -0.05) is 90.5 Å². The minimum Gasteiger partial charge on any atom is -0.418 e. The number of hydrogen-bond donors (Lipinski definition) is 1. The standard InChI is InChI=1S/C28H43O3P/c1-5-9-11-13-23(7-3)25-15-19-27(20-16-25)30-32(29)31-28-21-17-26(18-22-28)24(8-4)14-12-10-6-2/h15-24,29H,5-14H2,1-4H3. The third-order valence-corrected chi connectivity index (χ3v) is 7.10. The highest BCUT2D eigenvalue weighted by Gasteiger charge is 2.15. The third kappa shape index (κ3) is 9.12. The van der Waals surface area contributed by atoms with E-state index in [9.17, 15) is 4.89 Å². The molecule has 0 saturated heterocycles. The molecule has 0 saturated carbocycles. The van der Waals surface area contributed by atoms with Crippen LogP contribution in [-0.2, 0) is 0 Å². The van der Waals surface area contributed by atoms with Crippen LogP contribution in [0.2, 0.25) is 0 Å². The first kappa shape index (κ1) is 26.7. The Morgan fingerprint density at radius 2 is 1.00 bits per heavy atom. The van der Waals surface area contributed by atoms with Crippen LogP contribution in [0.4, 0.5) is 0 Å². The highest BCUT2D eigenvalue weighted by Crippen LogP contribution is 2.38. The van der Waals surface area contributed by atoms with Gasteiger partial charge in [-0.15, -0.1) is 0 Å². The van der Waals surface area contributed by atoms with Crippen molar-refractivity contribution in [3.05, 3.63) is 59.7 Å². The minimum absolute atomic E-state index is 0.593. The fraction of sp³-hybridized carbons (Fsp3) is 0.571. The first-order chi connectivity index (χ1) is 15.6. The van der Waals surface area contributed by atoms with E-state index >= 15 is 0 Å². The van der Waals surface area contributed by atoms with Gasteiger partial charge in [0.25, 0.3) is 0 Å². The summed E-state index contributed by atoms with van der Waals surface area (Å²) in [7, 11) is -2.01. The van der Waals surface area contributed by atoms with E-state index in [0.29, 0.717) is 23.3 Å². The van der Waals surface area contributed by atoms with Crippen molar-refractivity contribution in [2.45, 2.75) is 104 Å². The smallest absolute Gasteiger partial charge is 0.418 e. The van der Waals surface area contributed by atoms with E-state index < -0.39 is 8.60 Å². The molecule has 4 heteroatoms. The van der Waals surface area contributed by atoms with Crippen LogP contribution in [0.25, 0.3) is 0 Å². The van der Waals surface area contributed by atoms with Crippen molar-refractivity contribution in [3.8, 4) is 11.5 Å². The van der Waals surface area contributed by atoms with Gasteiger partial charge >= 0.3 is 8.60 Å². The fourth-order valence-corrected chi connectivity index (χ4v) is 4.94. The number of benzene rings is 2. The van der Waals surface area contributed by atoms with Crippen LogP contribution < -0.4 is 9.05 Å². The van der Waals surface area contributed by atoms with Crippen molar-refractivity contribution in [1.29, 1.82) is 0 Å². The van der Waals surface area contributed by atoms with E-state index in [-0.39, 0.29) is 0 Å². The molecule has 1 N–H and O–H groups in total. The summed E-state index contributed by atoms with van der Waals surface area (Å²) >= 11 is 0. The highest BCUT2D eigenvalue weighted by atomic mass is 31.2. The van der Waals surface area contributed by atoms with Crippen molar-refractivity contribution in [2.24, 2.45) is 0 Å². The van der Waals surface area contributed by atoms with Crippen molar-refractivity contribution < 1.29 is 13.9 Å². The van der Waals surface area contributed by atoms with Crippen LogP contribution in [-0.4, -0.2) is 4.89 Å². The van der Waals surface area contributed by atoms with Gasteiger partial charge in [-0.25, -0.2) is 0 Å². The Labute approximate surface area is 197 Å². The molecule has 0 aliphatic rings. The molecule has 0 aliphatic carbocycles. The molecule has 0 amide bonds. The zero-order valence-corrected chi connectivity index (χ0v) is 21.4. The second-order valence-corrected chi connectivity index (χ2v) is 9.60. The van der Waals surface area contributed by atoms with Crippen LogP contribution >= 0.6 is 8.60 Å². The molecule has 2 atom stereocenters. The first-order valence-corrected chi connectivity index (χ1v) is 13.8. The Hall–Kier alpha value is -1.57. The molecule has 0 heterocycles. The summed E-state index contributed by atoms with van der Waals surface area (Å²) in [4.78, 5) is 10.3. The summed E-state index contributed by atoms with van der Waals surface area (Å²) in [5, 5.41) is 0. The third-order valence-electron chi connectivity index (χ3n) is 6.37. The normalized spacial score (nSPS) is 14.0. The maximum Gasteiger partial charge on any atom is 0.460 e. The van der Waals surface area contributed by atoms with Gasteiger partial charge in [0.15, 0.2) is 0 Å². The predicted molar refractivity (Wildman–Crippen MR) is 138 cm³/mol. The average Bonchev–Trinajstić information content (AvgIpc) is 2.81. The predicted octanol–water partition coefficient (Wildman–Crippen LogP) is 9.51. The summed E-state index contributed by atoms with van der Waals surface area (Å²) in [6.45, 7) is 8.99. The van der Waals surface area contributed by atoms with Gasteiger partial charge in [0.2, 0.25) is 0 Å². The average molecular weight is 459 g/mol. The van der Waals surface area contributed by atoms with E-state index in [4.69, 9.17) is 9.05 Å². The van der Waals surface area contributed by atoms with Crippen molar-refractivity contribution in [1.82, 2.24) is 0 Å². The number of unbranched alkanes of at least 4 members (excludes halogenated alkanes) is 4. The van der Waals surface area contributed by atoms with E-state index in [1.807, 2.05) is 24.3 Å². The topological polar surface area (TPSA) is 38.7 Å². The van der Waals surface area contributed by atoms with E-state index in [0.717, 1.165) is 12.8 Å². The molecular weight excluding hydrogens is 415 g/mol. The highest BCUT2D eigenvalue weighted by molar-refractivity contribution is 7.41. The Morgan fingerprint density at radius 3 is 1.31 bits per heavy atom. The van der Waals surface area contributed by atoms with Gasteiger partial charge in [-0.05, 0) is 72.9 Å². The molecule has 0 aromatic heterocycles. The zero-order valence-electron chi connectivity index (χ0n) is 20.6. The molecule has 0 aliphatic heterocycles. The largest absolute Gasteiger partial charge is 0.460 e. The molecule has 2 aromatic carbocycles. The fourth-order valence-electron chi connectivity index (χ4n) is 4.30. The lowest BCUT2D eigenvalue weighted by Crippen LogP contribution is -1.99. The van der Waals surface area contributed by atoms with Gasteiger partial charge in [0.05, 0.1) is 0 Å². The Kier molecular flexibility index (Phi) is 12.8. The van der Waals surface area contributed by atoms with Crippen LogP contribution in [0.3, 0.4) is 0 Å². The lowest BCUT2D eigenvalue weighted by Gasteiger charge is -2.17. The molecule has 32 heavy (non-hydrogen) atoms. The second-order valence-electron chi connectivity index (χ2n) is 8.76. The molecule has 0 radical (unpaired) electrons. The Morgan fingerprint density at radius 1 is 0.625 bits per heavy atom. The summed E-state index contributed by atoms with van der Waals surface area (Å²) in [5.41, 5.74) is 2.69. The van der Waals surface area contributed by atoms with E-state index in [1.165, 1.54) is 62.5 Å². The molecule has 0 bridgehead atoms. The van der Waals surface area contributed by atoms with Gasteiger partial charge < -0.3 is 13.9 Å². The summed E-state index contributed by atoms with van der Waals surface area (Å²) < 4.78 is 11.3. The first-order valence-electron chi connectivity index (χ1n) is 12.7. The zero-order chi connectivity index (χ0) is 23.2. The lowest BCUT2D eigenvalue weighted by molar-refractivity contribution is 0.381. The van der Waals surface area contributed by atoms with Gasteiger partial charge in [-0.3, -0.25) is 0 Å². The van der Waals surface area contributed by atoms with Crippen LogP contribution in [0, 0.1) is 0 Å². The SMILES string of the molecule is CCCCCC(CC)c1ccc(OP(O)Oc2ccc(C(CC)CCCCC)cc2)cc1. The molecule has 2 unspecified atom stereocenters. The van der Waals surface area contributed by atoms with Crippen molar-refractivity contribution in [2.75, 3.05) is 0 Å². The van der Waals surface area contributed by atoms with Gasteiger partial charge in [0, 0.05) is 0 Å². The maximum absolute atomic E-state index is 10.3. The van der Waals surface area contributed by atoms with Gasteiger partial charge in [0.1, 0.15) is 11.5 Å². The lowest BCUT2D eigenvalue weighted by atomic mass is 9.91.